The number of nitrogens with zero attached hydrogens (tertiary/aromatic N) is 1. The molecular formula is C21H23N3O. The molecule has 0 saturated carbocycles. The van der Waals surface area contributed by atoms with Crippen LogP contribution in [0.2, 0.25) is 0 Å². The van der Waals surface area contributed by atoms with Gasteiger partial charge in [-0.1, -0.05) is 36.4 Å². The molecule has 1 aliphatic heterocycles. The highest BCUT2D eigenvalue weighted by atomic mass is 16.1. The molecule has 1 aromatic heterocycles. The number of carbonyl (C=O) groups excluding carboxylic acids is 1. The minimum atomic E-state index is -0.377. The van der Waals surface area contributed by atoms with E-state index in [1.807, 2.05) is 12.1 Å². The van der Waals surface area contributed by atoms with Crippen molar-refractivity contribution in [2.75, 3.05) is 18.0 Å². The third-order valence-electron chi connectivity index (χ3n) is 5.24. The lowest BCUT2D eigenvalue weighted by atomic mass is 9.90. The van der Waals surface area contributed by atoms with E-state index in [9.17, 15) is 4.79 Å². The van der Waals surface area contributed by atoms with Crippen molar-refractivity contribution in [3.05, 3.63) is 65.7 Å². The Kier molecular flexibility index (Phi) is 4.18. The Labute approximate surface area is 147 Å². The standard InChI is InChI=1S/C21H23N3O/c22-21(25)17-7-4-8-19-18(17)14-20(23-19)24-11-9-16(10-12-24)13-15-5-2-1-3-6-15/h1-8,14,16,23H,9-13H2,(H2,22,25). The molecule has 25 heavy (non-hydrogen) atoms. The van der Waals surface area contributed by atoms with Crippen LogP contribution in [0.5, 0.6) is 0 Å². The molecule has 2 heterocycles. The lowest BCUT2D eigenvalue weighted by Gasteiger charge is -2.32. The molecule has 1 amide bonds. The molecule has 0 atom stereocenters. The molecule has 3 aromatic rings. The molecule has 4 heteroatoms. The van der Waals surface area contributed by atoms with Crippen LogP contribution in [0.4, 0.5) is 5.82 Å². The zero-order valence-electron chi connectivity index (χ0n) is 14.2. The fourth-order valence-electron chi connectivity index (χ4n) is 3.85. The number of nitrogens with two attached hydrogens (primary N) is 1. The Bertz CT molecular complexity index is 877. The molecule has 3 N–H and O–H groups in total. The summed E-state index contributed by atoms with van der Waals surface area (Å²) in [7, 11) is 0. The Morgan fingerprint density at radius 3 is 2.56 bits per heavy atom. The first-order chi connectivity index (χ1) is 12.2. The molecule has 1 saturated heterocycles. The van der Waals surface area contributed by atoms with E-state index in [0.29, 0.717) is 5.56 Å². The fourth-order valence-corrected chi connectivity index (χ4v) is 3.85. The van der Waals surface area contributed by atoms with E-state index in [2.05, 4.69) is 46.3 Å². The smallest absolute Gasteiger partial charge is 0.249 e. The van der Waals surface area contributed by atoms with Gasteiger partial charge < -0.3 is 15.6 Å². The summed E-state index contributed by atoms with van der Waals surface area (Å²) in [5.41, 5.74) is 8.47. The van der Waals surface area contributed by atoms with Gasteiger partial charge in [0.15, 0.2) is 0 Å². The highest BCUT2D eigenvalue weighted by Gasteiger charge is 2.21. The topological polar surface area (TPSA) is 62.1 Å². The van der Waals surface area contributed by atoms with Crippen molar-refractivity contribution in [2.24, 2.45) is 11.7 Å². The quantitative estimate of drug-likeness (QED) is 0.764. The van der Waals surface area contributed by atoms with Gasteiger partial charge in [-0.3, -0.25) is 4.79 Å². The van der Waals surface area contributed by atoms with Gasteiger partial charge in [0.1, 0.15) is 5.82 Å². The Balaban J connectivity index is 1.46. The van der Waals surface area contributed by atoms with E-state index in [0.717, 1.165) is 42.1 Å². The summed E-state index contributed by atoms with van der Waals surface area (Å²) in [6.45, 7) is 2.08. The maximum atomic E-state index is 11.6. The van der Waals surface area contributed by atoms with E-state index < -0.39 is 0 Å². The summed E-state index contributed by atoms with van der Waals surface area (Å²) >= 11 is 0. The van der Waals surface area contributed by atoms with Crippen LogP contribution in [-0.4, -0.2) is 24.0 Å². The van der Waals surface area contributed by atoms with Gasteiger partial charge in [0.05, 0.1) is 0 Å². The number of hydrogen-bond donors (Lipinski definition) is 2. The van der Waals surface area contributed by atoms with Gasteiger partial charge >= 0.3 is 0 Å². The molecule has 4 rings (SSSR count). The van der Waals surface area contributed by atoms with Crippen molar-refractivity contribution in [1.29, 1.82) is 0 Å². The van der Waals surface area contributed by atoms with E-state index in [4.69, 9.17) is 5.73 Å². The van der Waals surface area contributed by atoms with E-state index >= 15 is 0 Å². The molecule has 2 aromatic carbocycles. The molecule has 0 radical (unpaired) electrons. The van der Waals surface area contributed by atoms with Crippen LogP contribution in [0, 0.1) is 5.92 Å². The number of rotatable bonds is 4. The summed E-state index contributed by atoms with van der Waals surface area (Å²) in [4.78, 5) is 17.4. The number of anilines is 1. The maximum Gasteiger partial charge on any atom is 0.249 e. The van der Waals surface area contributed by atoms with Crippen molar-refractivity contribution in [1.82, 2.24) is 4.98 Å². The highest BCUT2D eigenvalue weighted by molar-refractivity contribution is 6.06. The van der Waals surface area contributed by atoms with Crippen LogP contribution < -0.4 is 10.6 Å². The summed E-state index contributed by atoms with van der Waals surface area (Å²) in [5, 5.41) is 0.913. The number of fused-ring (bicyclic) bond motifs is 1. The monoisotopic (exact) mass is 333 g/mol. The van der Waals surface area contributed by atoms with Gasteiger partial charge in [0.25, 0.3) is 0 Å². The summed E-state index contributed by atoms with van der Waals surface area (Å²) < 4.78 is 0. The van der Waals surface area contributed by atoms with E-state index in [1.54, 1.807) is 6.07 Å². The van der Waals surface area contributed by atoms with Crippen LogP contribution in [0.15, 0.2) is 54.6 Å². The summed E-state index contributed by atoms with van der Waals surface area (Å²) in [6.07, 6.45) is 3.53. The molecule has 128 valence electrons. The highest BCUT2D eigenvalue weighted by Crippen LogP contribution is 2.29. The molecule has 0 bridgehead atoms. The van der Waals surface area contributed by atoms with Gasteiger partial charge in [0, 0.05) is 29.6 Å². The molecule has 1 aliphatic rings. The molecule has 4 nitrogen and oxygen atoms in total. The average molecular weight is 333 g/mol. The second-order valence-corrected chi connectivity index (χ2v) is 6.91. The van der Waals surface area contributed by atoms with Crippen molar-refractivity contribution in [2.45, 2.75) is 19.3 Å². The normalized spacial score (nSPS) is 15.6. The third kappa shape index (κ3) is 3.25. The number of hydrogen-bond acceptors (Lipinski definition) is 2. The minimum absolute atomic E-state index is 0.377. The number of aromatic amines is 1. The zero-order chi connectivity index (χ0) is 17.2. The number of nitrogens with one attached hydrogen (secondary N) is 1. The van der Waals surface area contributed by atoms with E-state index in [-0.39, 0.29) is 5.91 Å². The second kappa shape index (κ2) is 6.63. The predicted molar refractivity (Wildman–Crippen MR) is 102 cm³/mol. The van der Waals surface area contributed by atoms with Crippen molar-refractivity contribution in [3.63, 3.8) is 0 Å². The number of benzene rings is 2. The van der Waals surface area contributed by atoms with Gasteiger partial charge in [-0.2, -0.15) is 0 Å². The third-order valence-corrected chi connectivity index (χ3v) is 5.24. The lowest BCUT2D eigenvalue weighted by Crippen LogP contribution is -2.34. The molecule has 0 spiro atoms. The predicted octanol–water partition coefficient (Wildman–Crippen LogP) is 3.73. The Hall–Kier alpha value is -2.75. The van der Waals surface area contributed by atoms with Crippen LogP contribution in [0.25, 0.3) is 10.9 Å². The fraction of sp³-hybridized carbons (Fsp3) is 0.286. The van der Waals surface area contributed by atoms with Crippen LogP contribution in [-0.2, 0) is 6.42 Å². The van der Waals surface area contributed by atoms with Gasteiger partial charge in [-0.05, 0) is 48.9 Å². The molecule has 0 aliphatic carbocycles. The van der Waals surface area contributed by atoms with Gasteiger partial charge in [-0.25, -0.2) is 0 Å². The summed E-state index contributed by atoms with van der Waals surface area (Å²) in [6, 6.07) is 18.5. The lowest BCUT2D eigenvalue weighted by molar-refractivity contribution is 0.100. The maximum absolute atomic E-state index is 11.6. The average Bonchev–Trinajstić information content (AvgIpc) is 3.07. The van der Waals surface area contributed by atoms with Gasteiger partial charge in [-0.15, -0.1) is 0 Å². The second-order valence-electron chi connectivity index (χ2n) is 6.91. The van der Waals surface area contributed by atoms with Crippen molar-refractivity contribution >= 4 is 22.6 Å². The number of primary amides is 1. The number of aromatic nitrogens is 1. The molecule has 1 fully saturated rings. The first-order valence-corrected chi connectivity index (χ1v) is 8.91. The minimum Gasteiger partial charge on any atom is -0.366 e. The zero-order valence-corrected chi connectivity index (χ0v) is 14.2. The first kappa shape index (κ1) is 15.8. The number of carbonyl (C=O) groups is 1. The SMILES string of the molecule is NC(=O)c1cccc2[nH]c(N3CCC(Cc4ccccc4)CC3)cc12. The number of H-pyrrole nitrogens is 1. The Morgan fingerprint density at radius 1 is 1.08 bits per heavy atom. The largest absolute Gasteiger partial charge is 0.366 e. The van der Waals surface area contributed by atoms with Crippen LogP contribution in [0.1, 0.15) is 28.8 Å². The number of amides is 1. The Morgan fingerprint density at radius 2 is 1.84 bits per heavy atom. The van der Waals surface area contributed by atoms with Crippen LogP contribution in [0.3, 0.4) is 0 Å². The van der Waals surface area contributed by atoms with Crippen molar-refractivity contribution < 1.29 is 4.79 Å². The van der Waals surface area contributed by atoms with E-state index in [1.165, 1.54) is 18.4 Å². The molecular weight excluding hydrogens is 310 g/mol. The van der Waals surface area contributed by atoms with Crippen molar-refractivity contribution in [3.8, 4) is 0 Å². The van der Waals surface area contributed by atoms with Gasteiger partial charge in [0.2, 0.25) is 5.91 Å². The van der Waals surface area contributed by atoms with Crippen LogP contribution >= 0.6 is 0 Å². The summed E-state index contributed by atoms with van der Waals surface area (Å²) in [5.74, 6) is 1.45. The number of piperidine rings is 1. The first-order valence-electron chi connectivity index (χ1n) is 8.91. The molecule has 0 unspecified atom stereocenters.